The van der Waals surface area contributed by atoms with Gasteiger partial charge in [-0.2, -0.15) is 5.10 Å². The standard InChI is InChI=1S/C11H21N5O/c1-4-6-13-9(17)7-14-11-10(12)8(5-2)15-16(11)3/h14H,4-7,12H2,1-3H3,(H,13,17). The van der Waals surface area contributed by atoms with E-state index in [4.69, 9.17) is 5.73 Å². The third-order valence-corrected chi connectivity index (χ3v) is 2.48. The molecule has 0 unspecified atom stereocenters. The van der Waals surface area contributed by atoms with Crippen molar-refractivity contribution in [1.82, 2.24) is 15.1 Å². The number of nitrogens with one attached hydrogen (secondary N) is 2. The summed E-state index contributed by atoms with van der Waals surface area (Å²) in [5.41, 5.74) is 7.40. The van der Waals surface area contributed by atoms with Crippen molar-refractivity contribution < 1.29 is 4.79 Å². The summed E-state index contributed by atoms with van der Waals surface area (Å²) in [5.74, 6) is 0.666. The molecule has 0 aromatic carbocycles. The molecule has 0 saturated heterocycles. The number of carbonyl (C=O) groups excluding carboxylic acids is 1. The molecule has 4 N–H and O–H groups in total. The van der Waals surface area contributed by atoms with Crippen LogP contribution in [0.3, 0.4) is 0 Å². The summed E-state index contributed by atoms with van der Waals surface area (Å²) in [6.07, 6.45) is 1.71. The lowest BCUT2D eigenvalue weighted by Crippen LogP contribution is -2.30. The Bertz CT molecular complexity index is 385. The number of hydrogen-bond donors (Lipinski definition) is 3. The monoisotopic (exact) mass is 239 g/mol. The van der Waals surface area contributed by atoms with E-state index in [2.05, 4.69) is 15.7 Å². The highest BCUT2D eigenvalue weighted by molar-refractivity contribution is 5.81. The van der Waals surface area contributed by atoms with Gasteiger partial charge in [0.15, 0.2) is 0 Å². The van der Waals surface area contributed by atoms with Crippen LogP contribution in [0.25, 0.3) is 0 Å². The lowest BCUT2D eigenvalue weighted by Gasteiger charge is -2.07. The van der Waals surface area contributed by atoms with Gasteiger partial charge < -0.3 is 16.4 Å². The highest BCUT2D eigenvalue weighted by Crippen LogP contribution is 2.21. The number of hydrogen-bond acceptors (Lipinski definition) is 4. The molecule has 0 radical (unpaired) electrons. The predicted molar refractivity (Wildman–Crippen MR) is 68.8 cm³/mol. The maximum absolute atomic E-state index is 11.4. The Hall–Kier alpha value is -1.72. The van der Waals surface area contributed by atoms with Gasteiger partial charge in [-0.15, -0.1) is 0 Å². The molecule has 0 fully saturated rings. The summed E-state index contributed by atoms with van der Waals surface area (Å²) in [4.78, 5) is 11.4. The number of nitrogens with zero attached hydrogens (tertiary/aromatic N) is 2. The van der Waals surface area contributed by atoms with Gasteiger partial charge in [-0.05, 0) is 12.8 Å². The highest BCUT2D eigenvalue weighted by Gasteiger charge is 2.12. The largest absolute Gasteiger partial charge is 0.394 e. The Morgan fingerprint density at radius 1 is 1.47 bits per heavy atom. The van der Waals surface area contributed by atoms with Gasteiger partial charge in [-0.1, -0.05) is 13.8 Å². The van der Waals surface area contributed by atoms with Gasteiger partial charge in [-0.3, -0.25) is 9.48 Å². The van der Waals surface area contributed by atoms with Crippen molar-refractivity contribution in [2.75, 3.05) is 24.1 Å². The molecule has 0 bridgehead atoms. The van der Waals surface area contributed by atoms with Gasteiger partial charge in [0, 0.05) is 13.6 Å². The maximum atomic E-state index is 11.4. The van der Waals surface area contributed by atoms with E-state index in [-0.39, 0.29) is 12.5 Å². The first-order valence-corrected chi connectivity index (χ1v) is 5.92. The van der Waals surface area contributed by atoms with Gasteiger partial charge in [-0.25, -0.2) is 0 Å². The van der Waals surface area contributed by atoms with Crippen LogP contribution >= 0.6 is 0 Å². The van der Waals surface area contributed by atoms with Gasteiger partial charge in [0.25, 0.3) is 0 Å². The fraction of sp³-hybridized carbons (Fsp3) is 0.636. The fourth-order valence-corrected chi connectivity index (χ4v) is 1.56. The summed E-state index contributed by atoms with van der Waals surface area (Å²) in [7, 11) is 1.81. The van der Waals surface area contributed by atoms with Crippen LogP contribution in [0.2, 0.25) is 0 Å². The molecule has 0 aliphatic rings. The molecule has 0 aliphatic carbocycles. The molecule has 6 nitrogen and oxygen atoms in total. The Kier molecular flexibility index (Phi) is 4.81. The topological polar surface area (TPSA) is 85.0 Å². The molecule has 1 heterocycles. The zero-order valence-corrected chi connectivity index (χ0v) is 10.7. The SMILES string of the molecule is CCCNC(=O)CNc1c(N)c(CC)nn1C. The fourth-order valence-electron chi connectivity index (χ4n) is 1.56. The van der Waals surface area contributed by atoms with Gasteiger partial charge in [0.2, 0.25) is 5.91 Å². The van der Waals surface area contributed by atoms with Crippen molar-refractivity contribution in [3.8, 4) is 0 Å². The molecule has 1 aromatic rings. The second kappa shape index (κ2) is 6.12. The zero-order valence-electron chi connectivity index (χ0n) is 10.7. The normalized spacial score (nSPS) is 10.3. The van der Waals surface area contributed by atoms with E-state index in [0.29, 0.717) is 18.1 Å². The van der Waals surface area contributed by atoms with Crippen molar-refractivity contribution in [3.63, 3.8) is 0 Å². The maximum Gasteiger partial charge on any atom is 0.239 e. The van der Waals surface area contributed by atoms with E-state index in [1.165, 1.54) is 0 Å². The van der Waals surface area contributed by atoms with Gasteiger partial charge in [0.1, 0.15) is 5.82 Å². The molecule has 6 heteroatoms. The summed E-state index contributed by atoms with van der Waals surface area (Å²) in [6, 6.07) is 0. The first kappa shape index (κ1) is 13.3. The number of aryl methyl sites for hydroxylation is 2. The number of carbonyl (C=O) groups is 1. The number of aromatic nitrogens is 2. The minimum absolute atomic E-state index is 0.0366. The number of amides is 1. The van der Waals surface area contributed by atoms with Gasteiger partial charge in [0.05, 0.1) is 17.9 Å². The van der Waals surface area contributed by atoms with Crippen molar-refractivity contribution in [1.29, 1.82) is 0 Å². The molecule has 1 aromatic heterocycles. The van der Waals surface area contributed by atoms with Crippen molar-refractivity contribution in [2.45, 2.75) is 26.7 Å². The second-order valence-electron chi connectivity index (χ2n) is 3.89. The smallest absolute Gasteiger partial charge is 0.239 e. The molecule has 0 saturated carbocycles. The van der Waals surface area contributed by atoms with Crippen LogP contribution in [-0.2, 0) is 18.3 Å². The van der Waals surface area contributed by atoms with Crippen molar-refractivity contribution in [2.24, 2.45) is 7.05 Å². The molecule has 0 aliphatic heterocycles. The first-order chi connectivity index (χ1) is 8.10. The van der Waals surface area contributed by atoms with E-state index in [1.807, 2.05) is 20.9 Å². The van der Waals surface area contributed by atoms with Crippen LogP contribution in [0.5, 0.6) is 0 Å². The van der Waals surface area contributed by atoms with Crippen LogP contribution in [0.15, 0.2) is 0 Å². The second-order valence-corrected chi connectivity index (χ2v) is 3.89. The number of nitrogens with two attached hydrogens (primary N) is 1. The summed E-state index contributed by atoms with van der Waals surface area (Å²) in [6.45, 7) is 4.92. The van der Waals surface area contributed by atoms with Crippen LogP contribution < -0.4 is 16.4 Å². The molecule has 0 atom stereocenters. The van der Waals surface area contributed by atoms with E-state index >= 15 is 0 Å². The Morgan fingerprint density at radius 2 is 2.18 bits per heavy atom. The number of anilines is 2. The molecular formula is C11H21N5O. The number of nitrogen functional groups attached to an aromatic ring is 1. The minimum atomic E-state index is -0.0366. The third kappa shape index (κ3) is 3.37. The average molecular weight is 239 g/mol. The molecule has 96 valence electrons. The molecule has 1 amide bonds. The Morgan fingerprint density at radius 3 is 2.71 bits per heavy atom. The molecular weight excluding hydrogens is 218 g/mol. The zero-order chi connectivity index (χ0) is 12.8. The molecule has 17 heavy (non-hydrogen) atoms. The molecule has 1 rings (SSSR count). The van der Waals surface area contributed by atoms with Crippen LogP contribution in [0.4, 0.5) is 11.5 Å². The van der Waals surface area contributed by atoms with E-state index < -0.39 is 0 Å². The van der Waals surface area contributed by atoms with Crippen LogP contribution in [0, 0.1) is 0 Å². The summed E-state index contributed by atoms with van der Waals surface area (Å²) in [5, 5.41) is 10.1. The van der Waals surface area contributed by atoms with E-state index in [9.17, 15) is 4.79 Å². The van der Waals surface area contributed by atoms with Crippen LogP contribution in [0.1, 0.15) is 26.0 Å². The Labute approximate surface area is 102 Å². The minimum Gasteiger partial charge on any atom is -0.394 e. The first-order valence-electron chi connectivity index (χ1n) is 5.92. The third-order valence-electron chi connectivity index (χ3n) is 2.48. The lowest BCUT2D eigenvalue weighted by molar-refractivity contribution is -0.119. The molecule has 0 spiro atoms. The summed E-state index contributed by atoms with van der Waals surface area (Å²) >= 11 is 0. The Balaban J connectivity index is 2.57. The number of rotatable bonds is 6. The highest BCUT2D eigenvalue weighted by atomic mass is 16.1. The van der Waals surface area contributed by atoms with Crippen LogP contribution in [-0.4, -0.2) is 28.8 Å². The average Bonchev–Trinajstić information content (AvgIpc) is 2.59. The summed E-state index contributed by atoms with van der Waals surface area (Å²) < 4.78 is 1.67. The predicted octanol–water partition coefficient (Wildman–Crippen LogP) is 0.503. The lowest BCUT2D eigenvalue weighted by atomic mass is 10.3. The van der Waals surface area contributed by atoms with Crippen molar-refractivity contribution >= 4 is 17.4 Å². The van der Waals surface area contributed by atoms with Gasteiger partial charge >= 0.3 is 0 Å². The van der Waals surface area contributed by atoms with Crippen molar-refractivity contribution in [3.05, 3.63) is 5.69 Å². The van der Waals surface area contributed by atoms with E-state index in [1.54, 1.807) is 4.68 Å². The quantitative estimate of drug-likeness (QED) is 0.675. The van der Waals surface area contributed by atoms with E-state index in [0.717, 1.165) is 18.5 Å².